The molecule has 9 heteroatoms. The maximum absolute atomic E-state index is 12.4. The summed E-state index contributed by atoms with van der Waals surface area (Å²) in [6, 6.07) is 10.2. The largest absolute Gasteiger partial charge is 0.484 e. The molecule has 0 aromatic heterocycles. The van der Waals surface area contributed by atoms with Gasteiger partial charge in [-0.2, -0.15) is 0 Å². The Kier molecular flexibility index (Phi) is 8.48. The predicted octanol–water partition coefficient (Wildman–Crippen LogP) is 4.44. The van der Waals surface area contributed by atoms with E-state index in [1.807, 2.05) is 13.8 Å². The van der Waals surface area contributed by atoms with Crippen molar-refractivity contribution in [1.29, 1.82) is 0 Å². The van der Waals surface area contributed by atoms with Crippen LogP contribution in [0, 0.1) is 13.8 Å². The van der Waals surface area contributed by atoms with Gasteiger partial charge in [-0.1, -0.05) is 23.7 Å². The molecule has 172 valence electrons. The minimum Gasteiger partial charge on any atom is -0.484 e. The van der Waals surface area contributed by atoms with Crippen molar-refractivity contribution in [1.82, 2.24) is 5.32 Å². The van der Waals surface area contributed by atoms with Crippen LogP contribution in [0.2, 0.25) is 5.02 Å². The molecular formula is C23H28ClN3O5. The maximum atomic E-state index is 12.4. The molecule has 8 nitrogen and oxygen atoms in total. The molecule has 0 aliphatic rings. The van der Waals surface area contributed by atoms with Crippen LogP contribution in [0.4, 0.5) is 16.2 Å². The van der Waals surface area contributed by atoms with Gasteiger partial charge >= 0.3 is 6.09 Å². The van der Waals surface area contributed by atoms with E-state index >= 15 is 0 Å². The lowest BCUT2D eigenvalue weighted by Crippen LogP contribution is -2.37. The van der Waals surface area contributed by atoms with E-state index in [2.05, 4.69) is 16.0 Å². The lowest BCUT2D eigenvalue weighted by molar-refractivity contribution is -0.118. The Morgan fingerprint density at radius 2 is 1.47 bits per heavy atom. The van der Waals surface area contributed by atoms with Crippen molar-refractivity contribution in [3.05, 3.63) is 52.5 Å². The Labute approximate surface area is 192 Å². The SMILES string of the molecule is Cc1cc(OCC(=O)Nc2ccccc2NC(=O)CNC(=O)OC(C)(C)C)cc(C)c1Cl. The number of benzene rings is 2. The van der Waals surface area contributed by atoms with Crippen molar-refractivity contribution in [3.63, 3.8) is 0 Å². The molecule has 2 aromatic rings. The fourth-order valence-electron chi connectivity index (χ4n) is 2.69. The third-order valence-corrected chi connectivity index (χ3v) is 4.64. The third-order valence-electron chi connectivity index (χ3n) is 4.05. The number of carbonyl (C=O) groups excluding carboxylic acids is 3. The average Bonchev–Trinajstić information content (AvgIpc) is 2.69. The molecule has 3 N–H and O–H groups in total. The highest BCUT2D eigenvalue weighted by Crippen LogP contribution is 2.26. The van der Waals surface area contributed by atoms with Gasteiger partial charge < -0.3 is 25.4 Å². The Hall–Kier alpha value is -3.26. The summed E-state index contributed by atoms with van der Waals surface area (Å²) in [4.78, 5) is 36.2. The van der Waals surface area contributed by atoms with Gasteiger partial charge in [-0.15, -0.1) is 0 Å². The Bertz CT molecular complexity index is 978. The first-order valence-corrected chi connectivity index (χ1v) is 10.4. The van der Waals surface area contributed by atoms with Gasteiger partial charge in [0.25, 0.3) is 5.91 Å². The van der Waals surface area contributed by atoms with Crippen LogP contribution in [0.15, 0.2) is 36.4 Å². The van der Waals surface area contributed by atoms with Gasteiger partial charge in [0.15, 0.2) is 6.61 Å². The lowest BCUT2D eigenvalue weighted by Gasteiger charge is -2.19. The van der Waals surface area contributed by atoms with Crippen LogP contribution < -0.4 is 20.7 Å². The minimum absolute atomic E-state index is 0.219. The molecular weight excluding hydrogens is 434 g/mol. The number of aryl methyl sites for hydroxylation is 2. The van der Waals surface area contributed by atoms with Gasteiger partial charge in [0, 0.05) is 5.02 Å². The van der Waals surface area contributed by atoms with E-state index in [1.54, 1.807) is 57.2 Å². The molecule has 0 saturated carbocycles. The van der Waals surface area contributed by atoms with Gasteiger partial charge in [0.05, 0.1) is 11.4 Å². The van der Waals surface area contributed by atoms with Crippen molar-refractivity contribution in [2.75, 3.05) is 23.8 Å². The van der Waals surface area contributed by atoms with E-state index in [-0.39, 0.29) is 13.2 Å². The molecule has 0 heterocycles. The van der Waals surface area contributed by atoms with E-state index in [4.69, 9.17) is 21.1 Å². The normalized spacial score (nSPS) is 10.8. The van der Waals surface area contributed by atoms with E-state index in [1.165, 1.54) is 0 Å². The van der Waals surface area contributed by atoms with Crippen LogP contribution in [0.5, 0.6) is 5.75 Å². The molecule has 0 aliphatic heterocycles. The van der Waals surface area contributed by atoms with E-state index in [9.17, 15) is 14.4 Å². The topological polar surface area (TPSA) is 106 Å². The molecule has 0 aliphatic carbocycles. The van der Waals surface area contributed by atoms with Crippen molar-refractivity contribution >= 4 is 40.9 Å². The first kappa shape index (κ1) is 25.0. The molecule has 2 rings (SSSR count). The summed E-state index contributed by atoms with van der Waals surface area (Å²) in [5.74, 6) is -0.334. The zero-order chi connectivity index (χ0) is 23.9. The molecule has 0 atom stereocenters. The molecule has 2 aromatic carbocycles. The van der Waals surface area contributed by atoms with Crippen molar-refractivity contribution in [2.45, 2.75) is 40.2 Å². The highest BCUT2D eigenvalue weighted by molar-refractivity contribution is 6.32. The number of amides is 3. The Morgan fingerprint density at radius 1 is 0.938 bits per heavy atom. The van der Waals surface area contributed by atoms with E-state index in [0.29, 0.717) is 22.1 Å². The molecule has 3 amide bonds. The number of para-hydroxylation sites is 2. The Morgan fingerprint density at radius 3 is 2.00 bits per heavy atom. The van der Waals surface area contributed by atoms with Crippen LogP contribution in [0.25, 0.3) is 0 Å². The quantitative estimate of drug-likeness (QED) is 0.565. The summed E-state index contributed by atoms with van der Waals surface area (Å²) >= 11 is 6.15. The fraction of sp³-hybridized carbons (Fsp3) is 0.348. The smallest absolute Gasteiger partial charge is 0.408 e. The van der Waals surface area contributed by atoms with Crippen molar-refractivity contribution in [3.8, 4) is 5.75 Å². The predicted molar refractivity (Wildman–Crippen MR) is 124 cm³/mol. The molecule has 0 radical (unpaired) electrons. The van der Waals surface area contributed by atoms with E-state index < -0.39 is 23.5 Å². The molecule has 0 unspecified atom stereocenters. The zero-order valence-electron chi connectivity index (χ0n) is 18.8. The number of ether oxygens (including phenoxy) is 2. The zero-order valence-corrected chi connectivity index (χ0v) is 19.6. The monoisotopic (exact) mass is 461 g/mol. The second-order valence-corrected chi connectivity index (χ2v) is 8.54. The second-order valence-electron chi connectivity index (χ2n) is 8.16. The third kappa shape index (κ3) is 8.11. The molecule has 0 saturated heterocycles. The number of hydrogen-bond donors (Lipinski definition) is 3. The number of anilines is 2. The number of carbonyl (C=O) groups is 3. The van der Waals surface area contributed by atoms with Crippen molar-refractivity contribution in [2.24, 2.45) is 0 Å². The van der Waals surface area contributed by atoms with E-state index in [0.717, 1.165) is 11.1 Å². The Balaban J connectivity index is 1.91. The van der Waals surface area contributed by atoms with Crippen LogP contribution in [0.1, 0.15) is 31.9 Å². The first-order valence-electron chi connectivity index (χ1n) is 10.00. The minimum atomic E-state index is -0.695. The van der Waals surface area contributed by atoms with Gasteiger partial charge in [-0.3, -0.25) is 9.59 Å². The molecule has 32 heavy (non-hydrogen) atoms. The summed E-state index contributed by atoms with van der Waals surface area (Å²) in [6.45, 7) is 8.40. The number of rotatable bonds is 7. The second kappa shape index (κ2) is 10.9. The number of halogens is 1. The summed E-state index contributed by atoms with van der Waals surface area (Å²) < 4.78 is 10.7. The number of alkyl carbamates (subject to hydrolysis) is 1. The fourth-order valence-corrected chi connectivity index (χ4v) is 2.80. The summed E-state index contributed by atoms with van der Waals surface area (Å²) in [7, 11) is 0. The number of hydrogen-bond acceptors (Lipinski definition) is 5. The lowest BCUT2D eigenvalue weighted by atomic mass is 10.1. The maximum Gasteiger partial charge on any atom is 0.408 e. The van der Waals surface area contributed by atoms with Gasteiger partial charge in [-0.25, -0.2) is 4.79 Å². The van der Waals surface area contributed by atoms with Gasteiger partial charge in [0.1, 0.15) is 17.9 Å². The standard InChI is InChI=1S/C23H28ClN3O5/c1-14-10-16(11-15(2)21(14)24)31-13-20(29)27-18-9-7-6-8-17(18)26-19(28)12-25-22(30)32-23(3,4)5/h6-11H,12-13H2,1-5H3,(H,25,30)(H,26,28)(H,27,29). The van der Waals surface area contributed by atoms with Crippen LogP contribution in [0.3, 0.4) is 0 Å². The molecule has 0 spiro atoms. The van der Waals surface area contributed by atoms with Crippen molar-refractivity contribution < 1.29 is 23.9 Å². The molecule has 0 bridgehead atoms. The summed E-state index contributed by atoms with van der Waals surface area (Å²) in [5.41, 5.74) is 1.83. The molecule has 0 fully saturated rings. The van der Waals surface area contributed by atoms with Crippen LogP contribution in [-0.2, 0) is 14.3 Å². The van der Waals surface area contributed by atoms with Crippen LogP contribution >= 0.6 is 11.6 Å². The van der Waals surface area contributed by atoms with Gasteiger partial charge in [-0.05, 0) is 70.0 Å². The first-order chi connectivity index (χ1) is 14.9. The highest BCUT2D eigenvalue weighted by atomic mass is 35.5. The van der Waals surface area contributed by atoms with Gasteiger partial charge in [0.2, 0.25) is 5.91 Å². The highest BCUT2D eigenvalue weighted by Gasteiger charge is 2.17. The number of nitrogens with one attached hydrogen (secondary N) is 3. The average molecular weight is 462 g/mol. The van der Waals surface area contributed by atoms with Crippen LogP contribution in [-0.4, -0.2) is 36.7 Å². The summed E-state index contributed by atoms with van der Waals surface area (Å²) in [5, 5.41) is 8.40. The summed E-state index contributed by atoms with van der Waals surface area (Å²) in [6.07, 6.45) is -0.695.